The molecule has 0 amide bonds. The molecule has 2 atom stereocenters. The van der Waals surface area contributed by atoms with Crippen molar-refractivity contribution in [3.8, 4) is 0 Å². The first kappa shape index (κ1) is 17.3. The Morgan fingerprint density at radius 3 is 2.44 bits per heavy atom. The molecule has 0 bridgehead atoms. The van der Waals surface area contributed by atoms with E-state index in [2.05, 4.69) is 4.72 Å². The van der Waals surface area contributed by atoms with Gasteiger partial charge in [-0.2, -0.15) is 0 Å². The number of aliphatic carboxylic acids is 1. The molecule has 0 heterocycles. The molecule has 18 heavy (non-hydrogen) atoms. The highest BCUT2D eigenvalue weighted by molar-refractivity contribution is 7.89. The Morgan fingerprint density at radius 2 is 2.00 bits per heavy atom. The van der Waals surface area contributed by atoms with Gasteiger partial charge < -0.3 is 9.84 Å². The average Bonchev–Trinajstić information content (AvgIpc) is 2.24. The van der Waals surface area contributed by atoms with E-state index in [-0.39, 0.29) is 18.1 Å². The molecular weight excluding hydrogens is 258 g/mol. The lowest BCUT2D eigenvalue weighted by Crippen LogP contribution is -2.42. The summed E-state index contributed by atoms with van der Waals surface area (Å²) in [5.41, 5.74) is 0. The maximum absolute atomic E-state index is 11.8. The first-order valence-corrected chi connectivity index (χ1v) is 7.78. The largest absolute Gasteiger partial charge is 0.480 e. The van der Waals surface area contributed by atoms with Gasteiger partial charge in [-0.05, 0) is 19.3 Å². The first-order chi connectivity index (χ1) is 8.32. The highest BCUT2D eigenvalue weighted by Gasteiger charge is 2.24. The van der Waals surface area contributed by atoms with Gasteiger partial charge in [0.25, 0.3) is 0 Å². The minimum absolute atomic E-state index is 0.125. The Balaban J connectivity index is 4.39. The molecule has 2 unspecified atom stereocenters. The fourth-order valence-electron chi connectivity index (χ4n) is 1.53. The molecule has 0 radical (unpaired) electrons. The van der Waals surface area contributed by atoms with Crippen molar-refractivity contribution in [3.63, 3.8) is 0 Å². The number of hydrogen-bond donors (Lipinski definition) is 2. The molecule has 6 nitrogen and oxygen atoms in total. The summed E-state index contributed by atoms with van der Waals surface area (Å²) in [5, 5.41) is 8.89. The maximum Gasteiger partial charge on any atom is 0.321 e. The van der Waals surface area contributed by atoms with Gasteiger partial charge in [-0.15, -0.1) is 0 Å². The quantitative estimate of drug-likeness (QED) is 0.619. The van der Waals surface area contributed by atoms with E-state index in [0.717, 1.165) is 0 Å². The number of carboxylic acid groups (broad SMARTS) is 1. The summed E-state index contributed by atoms with van der Waals surface area (Å²) in [4.78, 5) is 10.9. The summed E-state index contributed by atoms with van der Waals surface area (Å²) in [6.45, 7) is 6.28. The fraction of sp³-hybridized carbons (Fsp3) is 0.909. The van der Waals surface area contributed by atoms with E-state index in [9.17, 15) is 13.2 Å². The first-order valence-electron chi connectivity index (χ1n) is 6.12. The highest BCUT2D eigenvalue weighted by Crippen LogP contribution is 2.04. The molecule has 2 N–H and O–H groups in total. The molecule has 7 heteroatoms. The molecule has 0 aliphatic rings. The van der Waals surface area contributed by atoms with Crippen LogP contribution in [-0.2, 0) is 19.6 Å². The standard InChI is InChI=1S/C11H23NO5S/c1-4-6-10(11(13)14)12-18(15,16)8-9(3)7-17-5-2/h9-10,12H,4-8H2,1-3H3,(H,13,14). The van der Waals surface area contributed by atoms with E-state index >= 15 is 0 Å². The zero-order chi connectivity index (χ0) is 14.2. The second kappa shape index (κ2) is 8.44. The lowest BCUT2D eigenvalue weighted by molar-refractivity contribution is -0.139. The lowest BCUT2D eigenvalue weighted by atomic mass is 10.2. The number of carboxylic acids is 1. The third-order valence-electron chi connectivity index (χ3n) is 2.31. The summed E-state index contributed by atoms with van der Waals surface area (Å²) in [5.74, 6) is -1.43. The molecule has 108 valence electrons. The van der Waals surface area contributed by atoms with Crippen molar-refractivity contribution in [3.05, 3.63) is 0 Å². The van der Waals surface area contributed by atoms with Crippen LogP contribution in [0, 0.1) is 5.92 Å². The van der Waals surface area contributed by atoms with Crippen molar-refractivity contribution in [1.82, 2.24) is 4.72 Å². The summed E-state index contributed by atoms with van der Waals surface area (Å²) >= 11 is 0. The smallest absolute Gasteiger partial charge is 0.321 e. The Hall–Kier alpha value is -0.660. The molecule has 0 spiro atoms. The van der Waals surface area contributed by atoms with Gasteiger partial charge in [0.05, 0.1) is 12.4 Å². The number of carbonyl (C=O) groups is 1. The molecule has 0 aromatic carbocycles. The van der Waals surface area contributed by atoms with E-state index in [1.165, 1.54) is 0 Å². The minimum Gasteiger partial charge on any atom is -0.480 e. The molecule has 0 aromatic rings. The van der Waals surface area contributed by atoms with Gasteiger partial charge in [-0.1, -0.05) is 20.3 Å². The van der Waals surface area contributed by atoms with Crippen LogP contribution < -0.4 is 4.72 Å². The van der Waals surface area contributed by atoms with E-state index < -0.39 is 22.0 Å². The number of nitrogens with one attached hydrogen (secondary N) is 1. The maximum atomic E-state index is 11.8. The fourth-order valence-corrected chi connectivity index (χ4v) is 3.12. The number of ether oxygens (including phenoxy) is 1. The van der Waals surface area contributed by atoms with E-state index in [1.807, 2.05) is 13.8 Å². The third-order valence-corrected chi connectivity index (χ3v) is 3.96. The van der Waals surface area contributed by atoms with Crippen molar-refractivity contribution in [2.75, 3.05) is 19.0 Å². The van der Waals surface area contributed by atoms with Crippen molar-refractivity contribution in [2.24, 2.45) is 5.92 Å². The molecule has 0 rings (SSSR count). The van der Waals surface area contributed by atoms with E-state index in [1.54, 1.807) is 6.92 Å². The second-order valence-electron chi connectivity index (χ2n) is 4.34. The molecule has 0 aliphatic carbocycles. The van der Waals surface area contributed by atoms with Gasteiger partial charge in [0.2, 0.25) is 10.0 Å². The summed E-state index contributed by atoms with van der Waals surface area (Å²) < 4.78 is 30.9. The van der Waals surface area contributed by atoms with Crippen LogP contribution in [0.2, 0.25) is 0 Å². The van der Waals surface area contributed by atoms with Gasteiger partial charge in [-0.25, -0.2) is 13.1 Å². The average molecular weight is 281 g/mol. The van der Waals surface area contributed by atoms with Gasteiger partial charge >= 0.3 is 5.97 Å². The van der Waals surface area contributed by atoms with E-state index in [4.69, 9.17) is 9.84 Å². The molecule has 0 fully saturated rings. The van der Waals surface area contributed by atoms with Crippen LogP contribution in [0.1, 0.15) is 33.6 Å². The Bertz CT molecular complexity index is 341. The van der Waals surface area contributed by atoms with Gasteiger partial charge in [0, 0.05) is 6.61 Å². The zero-order valence-electron chi connectivity index (χ0n) is 11.2. The van der Waals surface area contributed by atoms with Gasteiger partial charge in [0.1, 0.15) is 6.04 Å². The predicted molar refractivity (Wildman–Crippen MR) is 68.9 cm³/mol. The lowest BCUT2D eigenvalue weighted by Gasteiger charge is -2.16. The molecule has 0 aliphatic heterocycles. The summed E-state index contributed by atoms with van der Waals surface area (Å²) in [6, 6.07) is -1.04. The normalized spacial score (nSPS) is 15.3. The minimum atomic E-state index is -3.59. The van der Waals surface area contributed by atoms with Crippen molar-refractivity contribution >= 4 is 16.0 Å². The van der Waals surface area contributed by atoms with Crippen molar-refractivity contribution in [2.45, 2.75) is 39.7 Å². The molecule has 0 saturated carbocycles. The van der Waals surface area contributed by atoms with Gasteiger partial charge in [0.15, 0.2) is 0 Å². The molecular formula is C11H23NO5S. The van der Waals surface area contributed by atoms with Crippen LogP contribution in [0.25, 0.3) is 0 Å². The van der Waals surface area contributed by atoms with Gasteiger partial charge in [-0.3, -0.25) is 4.79 Å². The summed E-state index contributed by atoms with van der Waals surface area (Å²) in [7, 11) is -3.59. The Morgan fingerprint density at radius 1 is 1.39 bits per heavy atom. The van der Waals surface area contributed by atoms with E-state index in [0.29, 0.717) is 19.6 Å². The predicted octanol–water partition coefficient (Wildman–Crippen LogP) is 0.832. The van der Waals surface area contributed by atoms with Crippen molar-refractivity contribution < 1.29 is 23.1 Å². The van der Waals surface area contributed by atoms with Crippen LogP contribution in [0.15, 0.2) is 0 Å². The number of hydrogen-bond acceptors (Lipinski definition) is 4. The SMILES string of the molecule is CCCC(NS(=O)(=O)CC(C)COCC)C(=O)O. The van der Waals surface area contributed by atoms with Crippen LogP contribution in [0.5, 0.6) is 0 Å². The van der Waals surface area contributed by atoms with Crippen LogP contribution >= 0.6 is 0 Å². The monoisotopic (exact) mass is 281 g/mol. The number of sulfonamides is 1. The van der Waals surface area contributed by atoms with Crippen LogP contribution in [-0.4, -0.2) is 44.5 Å². The molecule has 0 saturated heterocycles. The molecule has 0 aromatic heterocycles. The Kier molecular flexibility index (Phi) is 8.13. The second-order valence-corrected chi connectivity index (χ2v) is 6.14. The zero-order valence-corrected chi connectivity index (χ0v) is 12.0. The van der Waals surface area contributed by atoms with Crippen molar-refractivity contribution in [1.29, 1.82) is 0 Å². The summed E-state index contributed by atoms with van der Waals surface area (Å²) in [6.07, 6.45) is 0.891. The third kappa shape index (κ3) is 7.62. The number of rotatable bonds is 10. The van der Waals surface area contributed by atoms with Crippen LogP contribution in [0.4, 0.5) is 0 Å². The topological polar surface area (TPSA) is 92.7 Å². The van der Waals surface area contributed by atoms with Crippen LogP contribution in [0.3, 0.4) is 0 Å². The highest BCUT2D eigenvalue weighted by atomic mass is 32.2. The Labute approximate surface area is 109 Å².